The second kappa shape index (κ2) is 5.18. The van der Waals surface area contributed by atoms with E-state index in [9.17, 15) is 0 Å². The number of nitrogens with zero attached hydrogens (tertiary/aromatic N) is 3. The number of anilines is 1. The molecule has 0 saturated heterocycles. The number of hydrogen-bond acceptors (Lipinski definition) is 3. The zero-order valence-corrected chi connectivity index (χ0v) is 14.2. The summed E-state index contributed by atoms with van der Waals surface area (Å²) in [6, 6.07) is 18.7. The molecule has 24 heavy (non-hydrogen) atoms. The largest absolute Gasteiger partial charge is 0.373 e. The summed E-state index contributed by atoms with van der Waals surface area (Å²) in [5, 5.41) is 8.07. The first-order valence-corrected chi connectivity index (χ1v) is 8.55. The van der Waals surface area contributed by atoms with Gasteiger partial charge >= 0.3 is 0 Å². The molecule has 4 aromatic rings. The van der Waals surface area contributed by atoms with Crippen molar-refractivity contribution in [3.63, 3.8) is 0 Å². The molecular weight excluding hydrogens is 364 g/mol. The topological polar surface area (TPSA) is 42.2 Å². The number of nitrogens with one attached hydrogen (secondary N) is 1. The van der Waals surface area contributed by atoms with Crippen LogP contribution < -0.4 is 5.32 Å². The average molecular weight is 377 g/mol. The number of halogens is 1. The summed E-state index contributed by atoms with van der Waals surface area (Å²) in [5.74, 6) is 0. The van der Waals surface area contributed by atoms with Gasteiger partial charge in [-0.05, 0) is 23.8 Å². The van der Waals surface area contributed by atoms with E-state index in [1.165, 1.54) is 11.1 Å². The second-order valence-corrected chi connectivity index (χ2v) is 6.67. The van der Waals surface area contributed by atoms with Crippen molar-refractivity contribution in [2.24, 2.45) is 0 Å². The van der Waals surface area contributed by atoms with Gasteiger partial charge in [-0.3, -0.25) is 0 Å². The van der Waals surface area contributed by atoms with E-state index in [0.29, 0.717) is 0 Å². The molecule has 3 heterocycles. The van der Waals surface area contributed by atoms with Gasteiger partial charge in [0.25, 0.3) is 0 Å². The van der Waals surface area contributed by atoms with Crippen LogP contribution in [0.4, 0.5) is 5.69 Å². The molecule has 1 unspecified atom stereocenters. The fourth-order valence-electron chi connectivity index (χ4n) is 3.41. The van der Waals surface area contributed by atoms with Crippen LogP contribution >= 0.6 is 15.9 Å². The van der Waals surface area contributed by atoms with Gasteiger partial charge in [-0.15, -0.1) is 0 Å². The van der Waals surface area contributed by atoms with Gasteiger partial charge in [-0.1, -0.05) is 52.3 Å². The molecule has 1 aliphatic rings. The van der Waals surface area contributed by atoms with Crippen molar-refractivity contribution < 1.29 is 0 Å². The first-order chi connectivity index (χ1) is 11.8. The van der Waals surface area contributed by atoms with Crippen molar-refractivity contribution in [1.29, 1.82) is 0 Å². The first kappa shape index (κ1) is 13.7. The van der Waals surface area contributed by atoms with Gasteiger partial charge < -0.3 is 5.32 Å². The minimum absolute atomic E-state index is 0.0268. The molecule has 1 N–H and O–H groups in total. The lowest BCUT2D eigenvalue weighted by atomic mass is 10.00. The predicted molar refractivity (Wildman–Crippen MR) is 98.0 cm³/mol. The van der Waals surface area contributed by atoms with Crippen molar-refractivity contribution in [2.75, 3.05) is 5.32 Å². The van der Waals surface area contributed by atoms with E-state index in [1.54, 1.807) is 6.33 Å². The van der Waals surface area contributed by atoms with Crippen LogP contribution in [-0.4, -0.2) is 14.6 Å². The Morgan fingerprint density at radius 2 is 1.79 bits per heavy atom. The number of para-hydroxylation sites is 1. The number of benzene rings is 2. The van der Waals surface area contributed by atoms with Crippen molar-refractivity contribution >= 4 is 27.1 Å². The Labute approximate surface area is 147 Å². The van der Waals surface area contributed by atoms with E-state index in [1.807, 2.05) is 28.9 Å². The Morgan fingerprint density at radius 3 is 2.71 bits per heavy atom. The Kier molecular flexibility index (Phi) is 2.97. The molecule has 116 valence electrons. The molecule has 1 atom stereocenters. The number of aromatic nitrogens is 3. The highest BCUT2D eigenvalue weighted by Crippen LogP contribution is 2.42. The van der Waals surface area contributed by atoms with Gasteiger partial charge in [0, 0.05) is 27.5 Å². The SMILES string of the molecule is Brc1ccccc1C1Nc2ccccc2-c2ncnn3ccc1c23. The summed E-state index contributed by atoms with van der Waals surface area (Å²) in [6.07, 6.45) is 3.61. The monoisotopic (exact) mass is 376 g/mol. The van der Waals surface area contributed by atoms with Gasteiger partial charge in [0.05, 0.1) is 11.6 Å². The number of fused-ring (bicyclic) bond motifs is 2. The van der Waals surface area contributed by atoms with Gasteiger partial charge in [-0.2, -0.15) is 5.10 Å². The molecular formula is C19H13BrN4. The molecule has 2 aromatic carbocycles. The molecule has 0 saturated carbocycles. The molecule has 5 rings (SSSR count). The third kappa shape index (κ3) is 1.91. The lowest BCUT2D eigenvalue weighted by Crippen LogP contribution is -2.12. The lowest BCUT2D eigenvalue weighted by molar-refractivity contribution is 0.898. The van der Waals surface area contributed by atoms with Crippen molar-refractivity contribution in [1.82, 2.24) is 14.6 Å². The maximum atomic E-state index is 4.58. The van der Waals surface area contributed by atoms with Crippen LogP contribution in [0.15, 0.2) is 71.6 Å². The summed E-state index contributed by atoms with van der Waals surface area (Å²) in [6.45, 7) is 0. The average Bonchev–Trinajstić information content (AvgIpc) is 2.98. The number of rotatable bonds is 1. The van der Waals surface area contributed by atoms with E-state index < -0.39 is 0 Å². The second-order valence-electron chi connectivity index (χ2n) is 5.82. The maximum Gasteiger partial charge on any atom is 0.137 e. The van der Waals surface area contributed by atoms with Crippen LogP contribution in [0.1, 0.15) is 17.2 Å². The molecule has 1 aliphatic heterocycles. The normalized spacial score (nSPS) is 15.6. The Morgan fingerprint density at radius 1 is 0.958 bits per heavy atom. The highest BCUT2D eigenvalue weighted by molar-refractivity contribution is 9.10. The molecule has 0 fully saturated rings. The van der Waals surface area contributed by atoms with Crippen molar-refractivity contribution in [3.8, 4) is 11.3 Å². The Hall–Kier alpha value is -2.66. The van der Waals surface area contributed by atoms with E-state index in [4.69, 9.17) is 0 Å². The molecule has 0 aliphatic carbocycles. The molecule has 0 bridgehead atoms. The van der Waals surface area contributed by atoms with Gasteiger partial charge in [0.2, 0.25) is 0 Å². The first-order valence-electron chi connectivity index (χ1n) is 7.75. The Bertz CT molecular complexity index is 1070. The van der Waals surface area contributed by atoms with E-state index in [-0.39, 0.29) is 6.04 Å². The zero-order valence-electron chi connectivity index (χ0n) is 12.6. The number of hydrogen-bond donors (Lipinski definition) is 1. The van der Waals surface area contributed by atoms with Crippen LogP contribution in [0.2, 0.25) is 0 Å². The van der Waals surface area contributed by atoms with Crippen LogP contribution in [-0.2, 0) is 0 Å². The van der Waals surface area contributed by atoms with Crippen LogP contribution in [0, 0.1) is 0 Å². The van der Waals surface area contributed by atoms with Crippen molar-refractivity contribution in [2.45, 2.75) is 6.04 Å². The fraction of sp³-hybridized carbons (Fsp3) is 0.0526. The highest BCUT2D eigenvalue weighted by atomic mass is 79.9. The van der Waals surface area contributed by atoms with Crippen molar-refractivity contribution in [3.05, 3.63) is 82.7 Å². The molecule has 0 spiro atoms. The van der Waals surface area contributed by atoms with Crippen LogP contribution in [0.3, 0.4) is 0 Å². The minimum Gasteiger partial charge on any atom is -0.373 e. The molecule has 5 heteroatoms. The van der Waals surface area contributed by atoms with E-state index >= 15 is 0 Å². The Balaban J connectivity index is 1.87. The smallest absolute Gasteiger partial charge is 0.137 e. The third-order valence-electron chi connectivity index (χ3n) is 4.49. The van der Waals surface area contributed by atoms with Gasteiger partial charge in [0.1, 0.15) is 12.0 Å². The van der Waals surface area contributed by atoms with Gasteiger partial charge in [0.15, 0.2) is 0 Å². The molecule has 4 nitrogen and oxygen atoms in total. The molecule has 2 aromatic heterocycles. The summed E-state index contributed by atoms with van der Waals surface area (Å²) in [5.41, 5.74) is 6.55. The lowest BCUT2D eigenvalue weighted by Gasteiger charge is -2.20. The van der Waals surface area contributed by atoms with Gasteiger partial charge in [-0.25, -0.2) is 9.50 Å². The van der Waals surface area contributed by atoms with Crippen LogP contribution in [0.5, 0.6) is 0 Å². The maximum absolute atomic E-state index is 4.58. The zero-order chi connectivity index (χ0) is 16.1. The summed E-state index contributed by atoms with van der Waals surface area (Å²) < 4.78 is 2.99. The summed E-state index contributed by atoms with van der Waals surface area (Å²) >= 11 is 3.70. The molecule has 0 amide bonds. The standard InChI is InChI=1S/C19H13BrN4/c20-15-7-3-1-5-12(15)17-14-9-10-24-19(14)18(21-11-22-24)13-6-2-4-8-16(13)23-17/h1-11,17,23H. The third-order valence-corrected chi connectivity index (χ3v) is 5.22. The highest BCUT2D eigenvalue weighted by Gasteiger charge is 2.27. The van der Waals surface area contributed by atoms with Crippen LogP contribution in [0.25, 0.3) is 16.8 Å². The fourth-order valence-corrected chi connectivity index (χ4v) is 3.93. The minimum atomic E-state index is 0.0268. The summed E-state index contributed by atoms with van der Waals surface area (Å²) in [7, 11) is 0. The van der Waals surface area contributed by atoms with E-state index in [0.717, 1.165) is 26.9 Å². The summed E-state index contributed by atoms with van der Waals surface area (Å²) in [4.78, 5) is 4.58. The predicted octanol–water partition coefficient (Wildman–Crippen LogP) is 4.67. The molecule has 0 radical (unpaired) electrons. The van der Waals surface area contributed by atoms with E-state index in [2.05, 4.69) is 67.7 Å². The quantitative estimate of drug-likeness (QED) is 0.524.